The quantitative estimate of drug-likeness (QED) is 0.636. The van der Waals surface area contributed by atoms with Crippen LogP contribution < -0.4 is 10.1 Å². The van der Waals surface area contributed by atoms with Gasteiger partial charge in [0, 0.05) is 19.1 Å². The molecule has 0 radical (unpaired) electrons. The van der Waals surface area contributed by atoms with Crippen LogP contribution in [0, 0.1) is 0 Å². The molecule has 1 N–H and O–H groups in total. The molecule has 156 valence electrons. The molecule has 4 heteroatoms. The van der Waals surface area contributed by atoms with Crippen LogP contribution in [0.1, 0.15) is 76.3 Å². The van der Waals surface area contributed by atoms with Gasteiger partial charge in [0.2, 0.25) is 0 Å². The highest BCUT2D eigenvalue weighted by Crippen LogP contribution is 2.26. The number of rotatable bonds is 9. The van der Waals surface area contributed by atoms with E-state index in [-0.39, 0.29) is 5.91 Å². The number of likely N-dealkylation sites (tertiary alicyclic amines) is 1. The average Bonchev–Trinajstić information content (AvgIpc) is 2.75. The maximum Gasteiger partial charge on any atom is 0.261 e. The van der Waals surface area contributed by atoms with E-state index < -0.39 is 6.10 Å². The van der Waals surface area contributed by atoms with E-state index >= 15 is 0 Å². The van der Waals surface area contributed by atoms with Crippen molar-refractivity contribution in [3.8, 4) is 5.75 Å². The van der Waals surface area contributed by atoms with Crippen LogP contribution in [0.3, 0.4) is 0 Å². The first kappa shape index (κ1) is 21.2. The van der Waals surface area contributed by atoms with E-state index in [0.717, 1.165) is 37.7 Å². The summed E-state index contributed by atoms with van der Waals surface area (Å²) in [5, 5.41) is 3.10. The van der Waals surface area contributed by atoms with E-state index in [9.17, 15) is 4.79 Å². The number of benzene rings is 1. The van der Waals surface area contributed by atoms with Crippen molar-refractivity contribution >= 4 is 5.91 Å². The maximum atomic E-state index is 12.6. The lowest BCUT2D eigenvalue weighted by Gasteiger charge is -2.35. The number of piperidine rings is 1. The van der Waals surface area contributed by atoms with E-state index in [1.165, 1.54) is 62.6 Å². The third-order valence-corrected chi connectivity index (χ3v) is 6.40. The van der Waals surface area contributed by atoms with Crippen LogP contribution in [-0.2, 0) is 17.6 Å². The zero-order valence-electron chi connectivity index (χ0n) is 17.8. The molecule has 2 atom stereocenters. The molecule has 0 unspecified atom stereocenters. The van der Waals surface area contributed by atoms with Gasteiger partial charge in [-0.15, -0.1) is 0 Å². The summed E-state index contributed by atoms with van der Waals surface area (Å²) in [7, 11) is 0. The molecule has 1 aromatic carbocycles. The van der Waals surface area contributed by atoms with Gasteiger partial charge >= 0.3 is 0 Å². The van der Waals surface area contributed by atoms with Gasteiger partial charge in [-0.3, -0.25) is 4.79 Å². The number of fused-ring (bicyclic) bond motifs is 1. The van der Waals surface area contributed by atoms with Crippen LogP contribution in [0.25, 0.3) is 0 Å². The molecule has 1 aliphatic carbocycles. The van der Waals surface area contributed by atoms with Gasteiger partial charge in [0.15, 0.2) is 6.10 Å². The second-order valence-corrected chi connectivity index (χ2v) is 8.39. The number of aryl methyl sites for hydroxylation is 2. The number of carbonyl (C=O) groups excluding carboxylic acids is 1. The number of amides is 1. The molecule has 0 bridgehead atoms. The third-order valence-electron chi connectivity index (χ3n) is 6.40. The van der Waals surface area contributed by atoms with E-state index in [4.69, 9.17) is 4.74 Å². The Bertz CT molecular complexity index is 631. The largest absolute Gasteiger partial charge is 0.481 e. The van der Waals surface area contributed by atoms with Crippen molar-refractivity contribution in [3.63, 3.8) is 0 Å². The lowest BCUT2D eigenvalue weighted by Crippen LogP contribution is -2.42. The van der Waals surface area contributed by atoms with Crippen LogP contribution in [0.15, 0.2) is 18.2 Å². The minimum absolute atomic E-state index is 0.0194. The summed E-state index contributed by atoms with van der Waals surface area (Å²) >= 11 is 0. The number of ether oxygens (including phenoxy) is 1. The van der Waals surface area contributed by atoms with Crippen LogP contribution in [0.4, 0.5) is 0 Å². The first-order valence-electron chi connectivity index (χ1n) is 11.5. The molecule has 1 heterocycles. The Labute approximate surface area is 171 Å². The highest BCUT2D eigenvalue weighted by atomic mass is 16.5. The number of nitrogens with one attached hydrogen (secondary N) is 1. The molecular formula is C24H38N2O2. The number of hydrogen-bond donors (Lipinski definition) is 1. The van der Waals surface area contributed by atoms with Crippen molar-refractivity contribution in [2.45, 2.75) is 90.2 Å². The van der Waals surface area contributed by atoms with Crippen LogP contribution in [-0.4, -0.2) is 42.6 Å². The molecule has 1 fully saturated rings. The number of nitrogens with zero attached hydrogens (tertiary/aromatic N) is 1. The zero-order chi connectivity index (χ0) is 19.8. The third kappa shape index (κ3) is 5.73. The van der Waals surface area contributed by atoms with Crippen molar-refractivity contribution in [2.24, 2.45) is 0 Å². The second kappa shape index (κ2) is 10.8. The van der Waals surface area contributed by atoms with Crippen molar-refractivity contribution in [2.75, 3.05) is 19.6 Å². The van der Waals surface area contributed by atoms with Gasteiger partial charge in [-0.25, -0.2) is 0 Å². The van der Waals surface area contributed by atoms with E-state index in [2.05, 4.69) is 29.3 Å². The zero-order valence-corrected chi connectivity index (χ0v) is 17.8. The molecule has 2 aliphatic rings. The number of hydrogen-bond acceptors (Lipinski definition) is 3. The van der Waals surface area contributed by atoms with Gasteiger partial charge in [0.25, 0.3) is 5.91 Å². The SMILES string of the molecule is CC[C@H]1CCCCN1CCCNC(=O)[C@@H](CC)Oc1ccc2c(c1)CCCC2. The fourth-order valence-corrected chi connectivity index (χ4v) is 4.69. The molecule has 0 aromatic heterocycles. The normalized spacial score (nSPS) is 21.0. The monoisotopic (exact) mass is 386 g/mol. The van der Waals surface area contributed by atoms with E-state index in [1.807, 2.05) is 13.0 Å². The summed E-state index contributed by atoms with van der Waals surface area (Å²) in [6.07, 6.45) is 11.4. The molecule has 28 heavy (non-hydrogen) atoms. The van der Waals surface area contributed by atoms with Gasteiger partial charge < -0.3 is 15.0 Å². The Hall–Kier alpha value is -1.55. The Morgan fingerprint density at radius 2 is 2.00 bits per heavy atom. The van der Waals surface area contributed by atoms with Crippen LogP contribution >= 0.6 is 0 Å². The van der Waals surface area contributed by atoms with E-state index in [0.29, 0.717) is 6.42 Å². The lowest BCUT2D eigenvalue weighted by molar-refractivity contribution is -0.128. The van der Waals surface area contributed by atoms with Crippen molar-refractivity contribution < 1.29 is 9.53 Å². The molecule has 0 spiro atoms. The summed E-state index contributed by atoms with van der Waals surface area (Å²) in [5.41, 5.74) is 2.84. The van der Waals surface area contributed by atoms with Gasteiger partial charge in [0.1, 0.15) is 5.75 Å². The predicted molar refractivity (Wildman–Crippen MR) is 115 cm³/mol. The highest BCUT2D eigenvalue weighted by molar-refractivity contribution is 5.81. The molecule has 0 saturated carbocycles. The average molecular weight is 387 g/mol. The Morgan fingerprint density at radius 1 is 1.18 bits per heavy atom. The predicted octanol–water partition coefficient (Wildman–Crippen LogP) is 4.49. The Kier molecular flexibility index (Phi) is 8.20. The molecule has 4 nitrogen and oxygen atoms in total. The molecule has 1 amide bonds. The minimum atomic E-state index is -0.403. The first-order valence-corrected chi connectivity index (χ1v) is 11.5. The van der Waals surface area contributed by atoms with Gasteiger partial charge in [-0.2, -0.15) is 0 Å². The summed E-state index contributed by atoms with van der Waals surface area (Å²) in [6.45, 7) is 7.33. The van der Waals surface area contributed by atoms with Gasteiger partial charge in [0.05, 0.1) is 0 Å². The maximum absolute atomic E-state index is 12.6. The molecule has 1 aromatic rings. The van der Waals surface area contributed by atoms with E-state index in [1.54, 1.807) is 0 Å². The molecular weight excluding hydrogens is 348 g/mol. The summed E-state index contributed by atoms with van der Waals surface area (Å²) in [5.74, 6) is 0.854. The Balaban J connectivity index is 1.43. The minimum Gasteiger partial charge on any atom is -0.481 e. The summed E-state index contributed by atoms with van der Waals surface area (Å²) in [4.78, 5) is 15.2. The lowest BCUT2D eigenvalue weighted by atomic mass is 9.92. The Morgan fingerprint density at radius 3 is 2.79 bits per heavy atom. The standard InChI is InChI=1S/C24H38N2O2/c1-3-21-12-7-8-16-26(21)17-9-15-25-24(27)23(4-2)28-22-14-13-19-10-5-6-11-20(19)18-22/h13-14,18,21,23H,3-12,15-17H2,1-2H3,(H,25,27)/t21-,23+/m0/s1. The van der Waals surface area contributed by atoms with Crippen molar-refractivity contribution in [1.82, 2.24) is 10.2 Å². The highest BCUT2D eigenvalue weighted by Gasteiger charge is 2.21. The van der Waals surface area contributed by atoms with Crippen LogP contribution in [0.5, 0.6) is 5.75 Å². The summed E-state index contributed by atoms with van der Waals surface area (Å²) in [6, 6.07) is 7.09. The fraction of sp³-hybridized carbons (Fsp3) is 0.708. The van der Waals surface area contributed by atoms with Crippen molar-refractivity contribution in [1.29, 1.82) is 0 Å². The van der Waals surface area contributed by atoms with Crippen LogP contribution in [0.2, 0.25) is 0 Å². The second-order valence-electron chi connectivity index (χ2n) is 8.39. The number of carbonyl (C=O) groups is 1. The molecule has 3 rings (SSSR count). The first-order chi connectivity index (χ1) is 13.7. The molecule has 1 saturated heterocycles. The van der Waals surface area contributed by atoms with Crippen molar-refractivity contribution in [3.05, 3.63) is 29.3 Å². The van der Waals surface area contributed by atoms with Gasteiger partial charge in [-0.05, 0) is 87.6 Å². The smallest absolute Gasteiger partial charge is 0.261 e. The molecule has 1 aliphatic heterocycles. The van der Waals surface area contributed by atoms with Gasteiger partial charge in [-0.1, -0.05) is 26.3 Å². The summed E-state index contributed by atoms with van der Waals surface area (Å²) < 4.78 is 6.05. The fourth-order valence-electron chi connectivity index (χ4n) is 4.69. The topological polar surface area (TPSA) is 41.6 Å².